The molecule has 15 heavy (non-hydrogen) atoms. The molecule has 0 aromatic carbocycles. The molecule has 0 fully saturated rings. The van der Waals surface area contributed by atoms with Crippen molar-refractivity contribution >= 4 is 5.97 Å². The van der Waals surface area contributed by atoms with E-state index in [1.54, 1.807) is 7.11 Å². The number of hydrogen-bond donors (Lipinski definition) is 1. The molecule has 0 saturated heterocycles. The number of aliphatic carboxylic acids is 1. The SMILES string of the molecule is CCCCCCC[C@@H](CCC(=O)O)OC. The van der Waals surface area contributed by atoms with Crippen LogP contribution in [0.15, 0.2) is 0 Å². The molecular formula is C12H24O3. The van der Waals surface area contributed by atoms with Gasteiger partial charge >= 0.3 is 5.97 Å². The molecule has 0 unspecified atom stereocenters. The van der Waals surface area contributed by atoms with Crippen molar-refractivity contribution in [1.82, 2.24) is 0 Å². The molecule has 0 aliphatic rings. The molecular weight excluding hydrogens is 192 g/mol. The monoisotopic (exact) mass is 216 g/mol. The van der Waals surface area contributed by atoms with Gasteiger partial charge in [0.25, 0.3) is 0 Å². The van der Waals surface area contributed by atoms with Crippen LogP contribution in [0.4, 0.5) is 0 Å². The maximum atomic E-state index is 10.4. The number of methoxy groups -OCH3 is 1. The van der Waals surface area contributed by atoms with E-state index in [4.69, 9.17) is 9.84 Å². The largest absolute Gasteiger partial charge is 0.481 e. The van der Waals surface area contributed by atoms with Crippen LogP contribution >= 0.6 is 0 Å². The highest BCUT2D eigenvalue weighted by molar-refractivity contribution is 5.66. The summed E-state index contributed by atoms with van der Waals surface area (Å²) >= 11 is 0. The standard InChI is InChI=1S/C12H24O3/c1-3-4-5-6-7-8-11(15-2)9-10-12(13)14/h11H,3-10H2,1-2H3,(H,13,14)/t11-/m0/s1. The average molecular weight is 216 g/mol. The van der Waals surface area contributed by atoms with Crippen LogP contribution in [0.2, 0.25) is 0 Å². The molecule has 1 N–H and O–H groups in total. The van der Waals surface area contributed by atoms with Gasteiger partial charge in [0.05, 0.1) is 6.10 Å². The molecule has 0 aromatic heterocycles. The predicted molar refractivity (Wildman–Crippen MR) is 61.0 cm³/mol. The van der Waals surface area contributed by atoms with E-state index in [9.17, 15) is 4.79 Å². The van der Waals surface area contributed by atoms with Crippen molar-refractivity contribution in [3.05, 3.63) is 0 Å². The molecule has 0 rings (SSSR count). The molecule has 3 heteroatoms. The second-order valence-electron chi connectivity index (χ2n) is 3.99. The van der Waals surface area contributed by atoms with Gasteiger partial charge in [-0.15, -0.1) is 0 Å². The molecule has 0 heterocycles. The van der Waals surface area contributed by atoms with Crippen molar-refractivity contribution in [1.29, 1.82) is 0 Å². The van der Waals surface area contributed by atoms with Gasteiger partial charge in [-0.25, -0.2) is 0 Å². The number of carboxylic acids is 1. The van der Waals surface area contributed by atoms with E-state index in [0.29, 0.717) is 6.42 Å². The Labute approximate surface area is 92.8 Å². The second kappa shape index (κ2) is 9.97. The minimum Gasteiger partial charge on any atom is -0.481 e. The van der Waals surface area contributed by atoms with Gasteiger partial charge in [0.2, 0.25) is 0 Å². The lowest BCUT2D eigenvalue weighted by molar-refractivity contribution is -0.137. The Bertz CT molecular complexity index is 157. The zero-order valence-electron chi connectivity index (χ0n) is 10.00. The predicted octanol–water partition coefficient (Wildman–Crippen LogP) is 3.23. The maximum absolute atomic E-state index is 10.4. The summed E-state index contributed by atoms with van der Waals surface area (Å²) in [4.78, 5) is 10.4. The molecule has 0 spiro atoms. The number of carboxylic acid groups (broad SMARTS) is 1. The second-order valence-corrected chi connectivity index (χ2v) is 3.99. The Morgan fingerprint density at radius 1 is 1.20 bits per heavy atom. The highest BCUT2D eigenvalue weighted by atomic mass is 16.5. The average Bonchev–Trinajstić information content (AvgIpc) is 2.22. The molecule has 0 aliphatic heterocycles. The molecule has 0 saturated carbocycles. The molecule has 0 aliphatic carbocycles. The third kappa shape index (κ3) is 9.73. The summed E-state index contributed by atoms with van der Waals surface area (Å²) in [6.07, 6.45) is 8.20. The molecule has 0 bridgehead atoms. The lowest BCUT2D eigenvalue weighted by Gasteiger charge is -2.13. The molecule has 90 valence electrons. The molecule has 3 nitrogen and oxygen atoms in total. The van der Waals surface area contributed by atoms with Crippen LogP contribution < -0.4 is 0 Å². The first-order valence-electron chi connectivity index (χ1n) is 5.95. The van der Waals surface area contributed by atoms with Crippen LogP contribution in [0.5, 0.6) is 0 Å². The first-order chi connectivity index (χ1) is 7.20. The van der Waals surface area contributed by atoms with E-state index in [-0.39, 0.29) is 12.5 Å². The van der Waals surface area contributed by atoms with Gasteiger partial charge in [-0.1, -0.05) is 39.0 Å². The van der Waals surface area contributed by atoms with Crippen molar-refractivity contribution in [3.8, 4) is 0 Å². The fourth-order valence-corrected chi connectivity index (χ4v) is 1.64. The lowest BCUT2D eigenvalue weighted by Crippen LogP contribution is -2.12. The van der Waals surface area contributed by atoms with Crippen molar-refractivity contribution in [3.63, 3.8) is 0 Å². The molecule has 1 atom stereocenters. The molecule has 0 radical (unpaired) electrons. The van der Waals surface area contributed by atoms with Crippen LogP contribution in [-0.4, -0.2) is 24.3 Å². The van der Waals surface area contributed by atoms with Crippen LogP contribution in [0.1, 0.15) is 58.3 Å². The van der Waals surface area contributed by atoms with Gasteiger partial charge in [-0.3, -0.25) is 4.79 Å². The smallest absolute Gasteiger partial charge is 0.303 e. The van der Waals surface area contributed by atoms with E-state index >= 15 is 0 Å². The van der Waals surface area contributed by atoms with E-state index in [1.165, 1.54) is 25.7 Å². The Balaban J connectivity index is 3.40. The highest BCUT2D eigenvalue weighted by Gasteiger charge is 2.09. The van der Waals surface area contributed by atoms with E-state index in [2.05, 4.69) is 6.92 Å². The zero-order valence-corrected chi connectivity index (χ0v) is 10.00. The number of rotatable bonds is 10. The van der Waals surface area contributed by atoms with Gasteiger partial charge in [0, 0.05) is 13.5 Å². The normalized spacial score (nSPS) is 12.7. The minimum absolute atomic E-state index is 0.128. The summed E-state index contributed by atoms with van der Waals surface area (Å²) in [7, 11) is 1.67. The van der Waals surface area contributed by atoms with Gasteiger partial charge in [0.15, 0.2) is 0 Å². The molecule has 0 aromatic rings. The summed E-state index contributed by atoms with van der Waals surface area (Å²) < 4.78 is 5.24. The Kier molecular flexibility index (Phi) is 9.59. The van der Waals surface area contributed by atoms with Crippen LogP contribution in [0.25, 0.3) is 0 Å². The fraction of sp³-hybridized carbons (Fsp3) is 0.917. The summed E-state index contributed by atoms with van der Waals surface area (Å²) in [5, 5.41) is 8.54. The first kappa shape index (κ1) is 14.4. The number of ether oxygens (including phenoxy) is 1. The lowest BCUT2D eigenvalue weighted by atomic mass is 10.0. The Morgan fingerprint density at radius 3 is 2.40 bits per heavy atom. The van der Waals surface area contributed by atoms with E-state index < -0.39 is 5.97 Å². The zero-order chi connectivity index (χ0) is 11.5. The fourth-order valence-electron chi connectivity index (χ4n) is 1.64. The van der Waals surface area contributed by atoms with Gasteiger partial charge < -0.3 is 9.84 Å². The van der Waals surface area contributed by atoms with Crippen LogP contribution in [0, 0.1) is 0 Å². The van der Waals surface area contributed by atoms with Gasteiger partial charge in [-0.05, 0) is 12.8 Å². The topological polar surface area (TPSA) is 46.5 Å². The summed E-state index contributed by atoms with van der Waals surface area (Å²) in [5.74, 6) is -0.733. The number of unbranched alkanes of at least 4 members (excludes halogenated alkanes) is 4. The third-order valence-corrected chi connectivity index (χ3v) is 2.64. The van der Waals surface area contributed by atoms with Crippen molar-refractivity contribution in [2.24, 2.45) is 0 Å². The van der Waals surface area contributed by atoms with E-state index in [1.807, 2.05) is 0 Å². The quantitative estimate of drug-likeness (QED) is 0.570. The first-order valence-corrected chi connectivity index (χ1v) is 5.95. The van der Waals surface area contributed by atoms with Crippen molar-refractivity contribution in [2.45, 2.75) is 64.4 Å². The van der Waals surface area contributed by atoms with Gasteiger partial charge in [-0.2, -0.15) is 0 Å². The van der Waals surface area contributed by atoms with E-state index in [0.717, 1.165) is 12.8 Å². The van der Waals surface area contributed by atoms with Gasteiger partial charge in [0.1, 0.15) is 0 Å². The van der Waals surface area contributed by atoms with Crippen LogP contribution in [-0.2, 0) is 9.53 Å². The highest BCUT2D eigenvalue weighted by Crippen LogP contribution is 2.12. The Morgan fingerprint density at radius 2 is 1.87 bits per heavy atom. The Hall–Kier alpha value is -0.570. The number of carbonyl (C=O) groups is 1. The summed E-state index contributed by atoms with van der Waals surface area (Å²) in [6.45, 7) is 2.20. The third-order valence-electron chi connectivity index (χ3n) is 2.64. The van der Waals surface area contributed by atoms with Crippen molar-refractivity contribution < 1.29 is 14.6 Å². The summed E-state index contributed by atoms with van der Waals surface area (Å²) in [6, 6.07) is 0. The molecule has 0 amide bonds. The summed E-state index contributed by atoms with van der Waals surface area (Å²) in [5.41, 5.74) is 0. The van der Waals surface area contributed by atoms with Crippen LogP contribution in [0.3, 0.4) is 0 Å². The maximum Gasteiger partial charge on any atom is 0.303 e. The minimum atomic E-state index is -0.733. The number of hydrogen-bond acceptors (Lipinski definition) is 2. The van der Waals surface area contributed by atoms with Crippen molar-refractivity contribution in [2.75, 3.05) is 7.11 Å².